The van der Waals surface area contributed by atoms with E-state index in [0.29, 0.717) is 13.0 Å². The van der Waals surface area contributed by atoms with Crippen LogP contribution in [0.2, 0.25) is 0 Å². The van der Waals surface area contributed by atoms with Crippen LogP contribution in [0.25, 0.3) is 0 Å². The minimum Gasteiger partial charge on any atom is -0.383 e. The van der Waals surface area contributed by atoms with Crippen LogP contribution in [0.5, 0.6) is 0 Å². The number of amides is 1. The summed E-state index contributed by atoms with van der Waals surface area (Å²) in [7, 11) is 5.06. The molecular formula is C20H44NO2P. The summed E-state index contributed by atoms with van der Waals surface area (Å²) in [5, 5.41) is 0. The number of hydrogen-bond acceptors (Lipinski definition) is 2. The third-order valence-electron chi connectivity index (χ3n) is 3.46. The topological polar surface area (TPSA) is 29.5 Å². The molecular weight excluding hydrogens is 317 g/mol. The molecule has 0 spiro atoms. The van der Waals surface area contributed by atoms with E-state index in [1.54, 1.807) is 7.11 Å². The molecule has 0 radical (unpaired) electrons. The molecule has 1 amide bonds. The average Bonchev–Trinajstić information content (AvgIpc) is 2.62. The van der Waals surface area contributed by atoms with E-state index >= 15 is 0 Å². The first kappa shape index (κ1) is 28.4. The molecule has 0 saturated heterocycles. The highest BCUT2D eigenvalue weighted by Crippen LogP contribution is 2.10. The van der Waals surface area contributed by atoms with Crippen LogP contribution in [0, 0.1) is 0 Å². The van der Waals surface area contributed by atoms with E-state index in [-0.39, 0.29) is 11.9 Å². The summed E-state index contributed by atoms with van der Waals surface area (Å²) < 4.78 is 5.16. The van der Waals surface area contributed by atoms with Gasteiger partial charge in [0.1, 0.15) is 0 Å². The van der Waals surface area contributed by atoms with Gasteiger partial charge in [-0.3, -0.25) is 4.79 Å². The molecule has 3 nitrogen and oxygen atoms in total. The van der Waals surface area contributed by atoms with E-state index in [4.69, 9.17) is 4.74 Å². The van der Waals surface area contributed by atoms with Crippen LogP contribution >= 0.6 is 8.86 Å². The van der Waals surface area contributed by atoms with Crippen molar-refractivity contribution in [3.63, 3.8) is 0 Å². The van der Waals surface area contributed by atoms with Gasteiger partial charge in [-0.05, 0) is 32.6 Å². The Morgan fingerprint density at radius 1 is 1.08 bits per heavy atom. The monoisotopic (exact) mass is 361 g/mol. The lowest BCUT2D eigenvalue weighted by atomic mass is 10.1. The van der Waals surface area contributed by atoms with Gasteiger partial charge in [0.25, 0.3) is 0 Å². The fourth-order valence-electron chi connectivity index (χ4n) is 2.36. The Hall–Kier alpha value is -0.400. The van der Waals surface area contributed by atoms with Gasteiger partial charge in [0.05, 0.1) is 12.6 Å². The number of hydrogen-bond donors (Lipinski definition) is 0. The predicted molar refractivity (Wildman–Crippen MR) is 113 cm³/mol. The van der Waals surface area contributed by atoms with Crippen molar-refractivity contribution >= 4 is 20.6 Å². The zero-order chi connectivity index (χ0) is 19.2. The molecule has 0 aromatic rings. The van der Waals surface area contributed by atoms with Crippen molar-refractivity contribution in [3.8, 4) is 0 Å². The average molecular weight is 362 g/mol. The van der Waals surface area contributed by atoms with Crippen molar-refractivity contribution in [2.75, 3.05) is 20.3 Å². The largest absolute Gasteiger partial charge is 0.383 e. The predicted octanol–water partition coefficient (Wildman–Crippen LogP) is 5.99. The first-order valence-electron chi connectivity index (χ1n) is 9.94. The molecule has 0 aromatic heterocycles. The molecule has 4 heteroatoms. The second kappa shape index (κ2) is 24.8. The Kier molecular flexibility index (Phi) is 29.4. The number of ether oxygens (including phenoxy) is 1. The van der Waals surface area contributed by atoms with Gasteiger partial charge in [0.2, 0.25) is 5.91 Å². The van der Waals surface area contributed by atoms with Gasteiger partial charge in [-0.25, -0.2) is 0 Å². The van der Waals surface area contributed by atoms with E-state index in [2.05, 4.69) is 22.7 Å². The third kappa shape index (κ3) is 17.9. The van der Waals surface area contributed by atoms with Crippen LogP contribution in [0.15, 0.2) is 0 Å². The van der Waals surface area contributed by atoms with Gasteiger partial charge in [0.15, 0.2) is 0 Å². The zero-order valence-corrected chi connectivity index (χ0v) is 18.5. The van der Waals surface area contributed by atoms with E-state index in [9.17, 15) is 4.79 Å². The standard InChI is InChI=1S/C16H32NO2P.2C2H6/c1-4-12-17(15(2)14-19-3)16(18)11-9-7-5-6-8-10-13-20;2*1-2/h13,15,20H,4-12,14H2,1-3H3;2*1-2H3. The Labute approximate surface area is 154 Å². The molecule has 0 aliphatic heterocycles. The normalized spacial score (nSPS) is 10.6. The molecule has 0 N–H and O–H groups in total. The minimum atomic E-state index is 0.182. The maximum absolute atomic E-state index is 12.2. The Bertz CT molecular complexity index is 260. The lowest BCUT2D eigenvalue weighted by Crippen LogP contribution is -2.41. The van der Waals surface area contributed by atoms with Crippen molar-refractivity contribution in [1.82, 2.24) is 4.90 Å². The zero-order valence-electron chi connectivity index (χ0n) is 17.5. The summed E-state index contributed by atoms with van der Waals surface area (Å²) in [5.41, 5.74) is 0. The number of carbonyl (C=O) groups is 1. The fourth-order valence-corrected chi connectivity index (χ4v) is 2.56. The molecule has 1 unspecified atom stereocenters. The van der Waals surface area contributed by atoms with Gasteiger partial charge in [-0.15, -0.1) is 8.86 Å². The lowest BCUT2D eigenvalue weighted by molar-refractivity contribution is -0.134. The highest BCUT2D eigenvalue weighted by Gasteiger charge is 2.18. The summed E-state index contributed by atoms with van der Waals surface area (Å²) in [6.07, 6.45) is 8.71. The number of methoxy groups -OCH3 is 1. The van der Waals surface area contributed by atoms with E-state index in [1.807, 2.05) is 38.4 Å². The molecule has 0 saturated carbocycles. The first-order valence-corrected chi connectivity index (χ1v) is 10.5. The molecule has 0 aliphatic carbocycles. The number of rotatable bonds is 13. The summed E-state index contributed by atoms with van der Waals surface area (Å²) >= 11 is 0. The van der Waals surface area contributed by atoms with Crippen molar-refractivity contribution in [2.45, 2.75) is 99.0 Å². The van der Waals surface area contributed by atoms with Crippen molar-refractivity contribution in [2.24, 2.45) is 0 Å². The lowest BCUT2D eigenvalue weighted by Gasteiger charge is -2.28. The van der Waals surface area contributed by atoms with Crippen LogP contribution < -0.4 is 0 Å². The Morgan fingerprint density at radius 2 is 1.62 bits per heavy atom. The molecule has 24 heavy (non-hydrogen) atoms. The maximum atomic E-state index is 12.2. The molecule has 0 aliphatic rings. The molecule has 0 aromatic carbocycles. The minimum absolute atomic E-state index is 0.182. The summed E-state index contributed by atoms with van der Waals surface area (Å²) in [6, 6.07) is 0.182. The van der Waals surface area contributed by atoms with Gasteiger partial charge in [0, 0.05) is 20.1 Å². The van der Waals surface area contributed by atoms with Gasteiger partial charge < -0.3 is 9.64 Å². The van der Waals surface area contributed by atoms with Crippen LogP contribution in [0.1, 0.15) is 92.9 Å². The van der Waals surface area contributed by atoms with E-state index < -0.39 is 0 Å². The van der Waals surface area contributed by atoms with Gasteiger partial charge in [-0.1, -0.05) is 59.7 Å². The molecule has 0 rings (SSSR count). The maximum Gasteiger partial charge on any atom is 0.222 e. The van der Waals surface area contributed by atoms with E-state index in [1.165, 1.54) is 19.3 Å². The first-order chi connectivity index (χ1) is 11.7. The molecule has 0 heterocycles. The Morgan fingerprint density at radius 3 is 2.12 bits per heavy atom. The smallest absolute Gasteiger partial charge is 0.222 e. The van der Waals surface area contributed by atoms with Crippen molar-refractivity contribution in [3.05, 3.63) is 0 Å². The van der Waals surface area contributed by atoms with Crippen LogP contribution in [0.4, 0.5) is 0 Å². The quantitative estimate of drug-likeness (QED) is 0.298. The number of nitrogens with zero attached hydrogens (tertiary/aromatic N) is 1. The van der Waals surface area contributed by atoms with Gasteiger partial charge in [-0.2, -0.15) is 0 Å². The van der Waals surface area contributed by atoms with Crippen molar-refractivity contribution in [1.29, 1.82) is 0 Å². The molecule has 0 bridgehead atoms. The third-order valence-corrected chi connectivity index (χ3v) is 3.75. The highest BCUT2D eigenvalue weighted by atomic mass is 31.0. The van der Waals surface area contributed by atoms with Crippen molar-refractivity contribution < 1.29 is 9.53 Å². The highest BCUT2D eigenvalue weighted by molar-refractivity contribution is 7.18. The molecule has 1 atom stereocenters. The summed E-state index contributed by atoms with van der Waals surface area (Å²) in [4.78, 5) is 14.2. The summed E-state index contributed by atoms with van der Waals surface area (Å²) in [5.74, 6) is 2.31. The van der Waals surface area contributed by atoms with Crippen LogP contribution in [0.3, 0.4) is 0 Å². The van der Waals surface area contributed by atoms with E-state index in [0.717, 1.165) is 32.2 Å². The second-order valence-electron chi connectivity index (χ2n) is 5.40. The fraction of sp³-hybridized carbons (Fsp3) is 0.900. The summed E-state index contributed by atoms with van der Waals surface area (Å²) in [6.45, 7) is 13.6. The molecule has 146 valence electrons. The van der Waals surface area contributed by atoms with Gasteiger partial charge >= 0.3 is 0 Å². The second-order valence-corrected chi connectivity index (χ2v) is 5.81. The number of unbranched alkanes of at least 4 members (excludes halogenated alkanes) is 5. The van der Waals surface area contributed by atoms with Crippen LogP contribution in [-0.4, -0.2) is 42.9 Å². The Balaban J connectivity index is -0.00000102. The molecule has 0 fully saturated rings. The number of carbonyl (C=O) groups excluding carboxylic acids is 1. The SMILES string of the molecule is CC.CC.CCCN(C(=O)CCCCCCCC=P)C(C)COC. The van der Waals surface area contributed by atoms with Crippen LogP contribution in [-0.2, 0) is 9.53 Å².